The predicted molar refractivity (Wildman–Crippen MR) is 60.2 cm³/mol. The van der Waals surface area contributed by atoms with Crippen molar-refractivity contribution in [2.45, 2.75) is 6.10 Å². The number of nitrogens with zero attached hydrogens (tertiary/aromatic N) is 2. The zero-order valence-corrected chi connectivity index (χ0v) is 9.59. The Bertz CT molecular complexity index is 525. The molecule has 1 N–H and O–H groups in total. The molecule has 2 rings (SSSR count). The summed E-state index contributed by atoms with van der Waals surface area (Å²) in [5.41, 5.74) is 0.558. The van der Waals surface area contributed by atoms with E-state index in [1.165, 1.54) is 19.2 Å². The first-order valence-corrected chi connectivity index (χ1v) is 5.13. The molecule has 0 bridgehead atoms. The Morgan fingerprint density at radius 2 is 2.18 bits per heavy atom. The van der Waals surface area contributed by atoms with Crippen LogP contribution in [-0.2, 0) is 7.05 Å². The number of aryl methyl sites for hydroxylation is 1. The SMILES string of the molecule is COc1cccc(C(O)c2ccn(C)n2)c1F. The molecule has 0 aliphatic carbocycles. The van der Waals surface area contributed by atoms with Gasteiger partial charge >= 0.3 is 0 Å². The molecule has 0 aliphatic rings. The quantitative estimate of drug-likeness (QED) is 0.881. The van der Waals surface area contributed by atoms with Gasteiger partial charge in [0.15, 0.2) is 11.6 Å². The average Bonchev–Trinajstić information content (AvgIpc) is 2.75. The summed E-state index contributed by atoms with van der Waals surface area (Å²) >= 11 is 0. The number of hydrogen-bond donors (Lipinski definition) is 1. The average molecular weight is 236 g/mol. The molecule has 90 valence electrons. The fourth-order valence-electron chi connectivity index (χ4n) is 1.63. The van der Waals surface area contributed by atoms with Gasteiger partial charge in [0.25, 0.3) is 0 Å². The Kier molecular flexibility index (Phi) is 3.10. The van der Waals surface area contributed by atoms with E-state index in [0.29, 0.717) is 5.69 Å². The predicted octanol–water partition coefficient (Wildman–Crippen LogP) is 1.65. The summed E-state index contributed by atoms with van der Waals surface area (Å²) in [7, 11) is 3.12. The number of methoxy groups -OCH3 is 1. The normalized spacial score (nSPS) is 12.5. The van der Waals surface area contributed by atoms with Crippen LogP contribution in [0.3, 0.4) is 0 Å². The molecular weight excluding hydrogens is 223 g/mol. The highest BCUT2D eigenvalue weighted by molar-refractivity contribution is 5.35. The molecule has 1 aromatic carbocycles. The van der Waals surface area contributed by atoms with Gasteiger partial charge in [0, 0.05) is 18.8 Å². The van der Waals surface area contributed by atoms with Crippen LogP contribution in [0.15, 0.2) is 30.5 Å². The van der Waals surface area contributed by atoms with E-state index in [1.807, 2.05) is 0 Å². The van der Waals surface area contributed by atoms with E-state index in [0.717, 1.165) is 0 Å². The lowest BCUT2D eigenvalue weighted by Crippen LogP contribution is -2.05. The van der Waals surface area contributed by atoms with E-state index in [2.05, 4.69) is 5.10 Å². The van der Waals surface area contributed by atoms with Crippen molar-refractivity contribution in [2.75, 3.05) is 7.11 Å². The maximum absolute atomic E-state index is 13.9. The second-order valence-corrected chi connectivity index (χ2v) is 3.68. The number of halogens is 1. The molecule has 0 radical (unpaired) electrons. The van der Waals surface area contributed by atoms with Crippen molar-refractivity contribution >= 4 is 0 Å². The molecule has 17 heavy (non-hydrogen) atoms. The Hall–Kier alpha value is -1.88. The summed E-state index contributed by atoms with van der Waals surface area (Å²) in [5.74, 6) is -0.453. The van der Waals surface area contributed by atoms with E-state index in [4.69, 9.17) is 4.74 Å². The third-order valence-corrected chi connectivity index (χ3v) is 2.52. The molecule has 1 aromatic heterocycles. The molecule has 1 unspecified atom stereocenters. The van der Waals surface area contributed by atoms with Gasteiger partial charge in [-0.05, 0) is 12.1 Å². The van der Waals surface area contributed by atoms with Gasteiger partial charge in [-0.3, -0.25) is 4.68 Å². The van der Waals surface area contributed by atoms with Crippen molar-refractivity contribution in [3.8, 4) is 5.75 Å². The maximum Gasteiger partial charge on any atom is 0.171 e. The lowest BCUT2D eigenvalue weighted by atomic mass is 10.1. The van der Waals surface area contributed by atoms with Crippen LogP contribution in [0.2, 0.25) is 0 Å². The van der Waals surface area contributed by atoms with E-state index < -0.39 is 11.9 Å². The summed E-state index contributed by atoms with van der Waals surface area (Å²) < 4.78 is 20.3. The van der Waals surface area contributed by atoms with Gasteiger partial charge in [0.2, 0.25) is 0 Å². The lowest BCUT2D eigenvalue weighted by molar-refractivity contribution is 0.207. The number of hydrogen-bond acceptors (Lipinski definition) is 3. The Morgan fingerprint density at radius 1 is 1.41 bits per heavy atom. The van der Waals surface area contributed by atoms with Crippen LogP contribution >= 0.6 is 0 Å². The molecule has 0 spiro atoms. The molecule has 0 fully saturated rings. The van der Waals surface area contributed by atoms with Crippen molar-refractivity contribution < 1.29 is 14.2 Å². The van der Waals surface area contributed by atoms with Crippen LogP contribution < -0.4 is 4.74 Å². The van der Waals surface area contributed by atoms with Gasteiger partial charge in [-0.15, -0.1) is 0 Å². The van der Waals surface area contributed by atoms with Crippen LogP contribution in [-0.4, -0.2) is 22.0 Å². The van der Waals surface area contributed by atoms with Crippen LogP contribution in [0.5, 0.6) is 5.75 Å². The van der Waals surface area contributed by atoms with Gasteiger partial charge in [0.05, 0.1) is 12.8 Å². The Balaban J connectivity index is 2.40. The summed E-state index contributed by atoms with van der Waals surface area (Å²) in [4.78, 5) is 0. The largest absolute Gasteiger partial charge is 0.494 e. The van der Waals surface area contributed by atoms with E-state index in [1.54, 1.807) is 30.1 Å². The number of aliphatic hydroxyl groups excluding tert-OH is 1. The van der Waals surface area contributed by atoms with Gasteiger partial charge < -0.3 is 9.84 Å². The molecule has 1 atom stereocenters. The molecule has 0 aliphatic heterocycles. The molecule has 0 saturated heterocycles. The monoisotopic (exact) mass is 236 g/mol. The minimum Gasteiger partial charge on any atom is -0.494 e. The van der Waals surface area contributed by atoms with Crippen LogP contribution in [0.1, 0.15) is 17.4 Å². The second-order valence-electron chi connectivity index (χ2n) is 3.68. The highest BCUT2D eigenvalue weighted by Crippen LogP contribution is 2.28. The number of ether oxygens (including phenoxy) is 1. The molecule has 1 heterocycles. The highest BCUT2D eigenvalue weighted by atomic mass is 19.1. The van der Waals surface area contributed by atoms with E-state index >= 15 is 0 Å². The molecule has 0 saturated carbocycles. The van der Waals surface area contributed by atoms with Gasteiger partial charge in [-0.1, -0.05) is 12.1 Å². The fraction of sp³-hybridized carbons (Fsp3) is 0.250. The van der Waals surface area contributed by atoms with Crippen molar-refractivity contribution in [2.24, 2.45) is 7.05 Å². The number of aromatic nitrogens is 2. The summed E-state index contributed by atoms with van der Waals surface area (Å²) in [6, 6.07) is 6.29. The molecule has 5 heteroatoms. The van der Waals surface area contributed by atoms with Crippen LogP contribution in [0.4, 0.5) is 4.39 Å². The van der Waals surface area contributed by atoms with Crippen molar-refractivity contribution in [1.82, 2.24) is 9.78 Å². The standard InChI is InChI=1S/C12H13FN2O2/c1-15-7-6-9(14-15)12(16)8-4-3-5-10(17-2)11(8)13/h3-7,12,16H,1-2H3. The minimum absolute atomic E-state index is 0.109. The lowest BCUT2D eigenvalue weighted by Gasteiger charge is -2.11. The number of rotatable bonds is 3. The van der Waals surface area contributed by atoms with Gasteiger partial charge in [0.1, 0.15) is 6.10 Å². The Labute approximate surface area is 98.3 Å². The van der Waals surface area contributed by atoms with Gasteiger partial charge in [-0.2, -0.15) is 5.10 Å². The van der Waals surface area contributed by atoms with Crippen molar-refractivity contribution in [3.05, 3.63) is 47.5 Å². The zero-order chi connectivity index (χ0) is 12.4. The first kappa shape index (κ1) is 11.6. The van der Waals surface area contributed by atoms with E-state index in [-0.39, 0.29) is 11.3 Å². The second kappa shape index (κ2) is 4.55. The van der Waals surface area contributed by atoms with Gasteiger partial charge in [-0.25, -0.2) is 4.39 Å². The van der Waals surface area contributed by atoms with Crippen LogP contribution in [0, 0.1) is 5.82 Å². The summed E-state index contributed by atoms with van der Waals surface area (Å²) in [5, 5.41) is 14.1. The van der Waals surface area contributed by atoms with Crippen LogP contribution in [0.25, 0.3) is 0 Å². The molecule has 0 amide bonds. The number of benzene rings is 1. The molecule has 4 nitrogen and oxygen atoms in total. The Morgan fingerprint density at radius 3 is 2.76 bits per heavy atom. The van der Waals surface area contributed by atoms with E-state index in [9.17, 15) is 9.50 Å². The van der Waals surface area contributed by atoms with Crippen molar-refractivity contribution in [1.29, 1.82) is 0 Å². The minimum atomic E-state index is -1.09. The topological polar surface area (TPSA) is 47.3 Å². The smallest absolute Gasteiger partial charge is 0.171 e. The third kappa shape index (κ3) is 2.14. The summed E-state index contributed by atoms with van der Waals surface area (Å²) in [6.07, 6.45) is 0.600. The molecular formula is C12H13FN2O2. The first-order chi connectivity index (χ1) is 8.13. The number of aliphatic hydroxyl groups is 1. The maximum atomic E-state index is 13.9. The third-order valence-electron chi connectivity index (χ3n) is 2.52. The first-order valence-electron chi connectivity index (χ1n) is 5.13. The highest BCUT2D eigenvalue weighted by Gasteiger charge is 2.19. The molecule has 2 aromatic rings. The summed E-state index contributed by atoms with van der Waals surface area (Å²) in [6.45, 7) is 0. The van der Waals surface area contributed by atoms with Crippen molar-refractivity contribution in [3.63, 3.8) is 0 Å². The zero-order valence-electron chi connectivity index (χ0n) is 9.59. The fourth-order valence-corrected chi connectivity index (χ4v) is 1.63.